The molecule has 0 amide bonds. The molecule has 0 atom stereocenters. The molecule has 184 valence electrons. The lowest BCUT2D eigenvalue weighted by molar-refractivity contribution is 1.29. The molecule has 0 aliphatic heterocycles. The molecule has 0 radical (unpaired) electrons. The Morgan fingerprint density at radius 1 is 0.282 bits per heavy atom. The third-order valence-corrected chi connectivity index (χ3v) is 7.43. The molecule has 0 fully saturated rings. The summed E-state index contributed by atoms with van der Waals surface area (Å²) in [5.41, 5.74) is 8.23. The molecular weight excluding hydrogens is 470 g/mol. The van der Waals surface area contributed by atoms with Gasteiger partial charge in [0.15, 0.2) is 0 Å². The van der Waals surface area contributed by atoms with Gasteiger partial charge in [0, 0.05) is 17.1 Å². The zero-order chi connectivity index (χ0) is 26.0. The fraction of sp³-hybridized carbons (Fsp3) is 0. The second-order valence-electron chi connectivity index (χ2n) is 9.86. The van der Waals surface area contributed by atoms with Crippen LogP contribution in [0, 0.1) is 0 Å². The largest absolute Gasteiger partial charge is 0.310 e. The number of fused-ring (bicyclic) bond motifs is 3. The quantitative estimate of drug-likeness (QED) is 0.214. The van der Waals surface area contributed by atoms with Crippen molar-refractivity contribution >= 4 is 38.6 Å². The van der Waals surface area contributed by atoms with Crippen molar-refractivity contribution in [3.05, 3.63) is 164 Å². The second-order valence-corrected chi connectivity index (χ2v) is 9.86. The van der Waals surface area contributed by atoms with Crippen LogP contribution in [0.2, 0.25) is 0 Å². The smallest absolute Gasteiger partial charge is 0.0468 e. The SMILES string of the molecule is c1ccc(-c2ccc(N(c3cccc(-c4ccccc4)c3)c3ccc4ccc5ccccc5c4c3)cc2)cc1. The van der Waals surface area contributed by atoms with Crippen LogP contribution in [0.5, 0.6) is 0 Å². The highest BCUT2D eigenvalue weighted by Crippen LogP contribution is 2.39. The summed E-state index contributed by atoms with van der Waals surface area (Å²) in [5.74, 6) is 0. The summed E-state index contributed by atoms with van der Waals surface area (Å²) in [4.78, 5) is 2.36. The molecule has 0 bridgehead atoms. The Morgan fingerprint density at radius 2 is 0.795 bits per heavy atom. The first-order valence-electron chi connectivity index (χ1n) is 13.4. The van der Waals surface area contributed by atoms with E-state index in [1.54, 1.807) is 0 Å². The van der Waals surface area contributed by atoms with Crippen molar-refractivity contribution in [1.82, 2.24) is 0 Å². The molecule has 1 heteroatoms. The molecular formula is C38H27N. The topological polar surface area (TPSA) is 3.24 Å². The highest BCUT2D eigenvalue weighted by molar-refractivity contribution is 6.09. The maximum atomic E-state index is 2.36. The Labute approximate surface area is 229 Å². The van der Waals surface area contributed by atoms with Crippen molar-refractivity contribution in [2.45, 2.75) is 0 Å². The highest BCUT2D eigenvalue weighted by atomic mass is 15.1. The summed E-state index contributed by atoms with van der Waals surface area (Å²) in [7, 11) is 0. The van der Waals surface area contributed by atoms with Crippen LogP contribution in [-0.2, 0) is 0 Å². The lowest BCUT2D eigenvalue weighted by Crippen LogP contribution is -2.10. The van der Waals surface area contributed by atoms with Gasteiger partial charge in [0.05, 0.1) is 0 Å². The molecule has 0 aliphatic rings. The predicted molar refractivity (Wildman–Crippen MR) is 167 cm³/mol. The summed E-state index contributed by atoms with van der Waals surface area (Å²) in [6.45, 7) is 0. The molecule has 0 unspecified atom stereocenters. The van der Waals surface area contributed by atoms with E-state index in [1.807, 2.05) is 0 Å². The van der Waals surface area contributed by atoms with E-state index >= 15 is 0 Å². The molecule has 7 aromatic carbocycles. The zero-order valence-electron chi connectivity index (χ0n) is 21.5. The minimum Gasteiger partial charge on any atom is -0.310 e. The number of hydrogen-bond acceptors (Lipinski definition) is 1. The lowest BCUT2D eigenvalue weighted by atomic mass is 10.00. The molecule has 0 aromatic heterocycles. The van der Waals surface area contributed by atoms with Crippen molar-refractivity contribution in [1.29, 1.82) is 0 Å². The standard InChI is InChI=1S/C38H27N/c1-3-10-28(11-4-1)30-20-23-34(24-21-30)39(35-16-9-15-33(26-35)29-12-5-2-6-13-29)36-25-22-32-19-18-31-14-7-8-17-37(31)38(32)27-36/h1-27H. The van der Waals surface area contributed by atoms with E-state index in [0.29, 0.717) is 0 Å². The van der Waals surface area contributed by atoms with E-state index < -0.39 is 0 Å². The van der Waals surface area contributed by atoms with Crippen molar-refractivity contribution in [2.75, 3.05) is 4.90 Å². The molecule has 0 saturated heterocycles. The third kappa shape index (κ3) is 4.45. The van der Waals surface area contributed by atoms with E-state index in [4.69, 9.17) is 0 Å². The van der Waals surface area contributed by atoms with Crippen molar-refractivity contribution in [3.8, 4) is 22.3 Å². The Kier molecular flexibility index (Phi) is 5.88. The predicted octanol–water partition coefficient (Wildman–Crippen LogP) is 10.8. The Balaban J connectivity index is 1.40. The second kappa shape index (κ2) is 9.96. The minimum atomic E-state index is 1.12. The highest BCUT2D eigenvalue weighted by Gasteiger charge is 2.15. The van der Waals surface area contributed by atoms with Gasteiger partial charge in [0.2, 0.25) is 0 Å². The fourth-order valence-corrected chi connectivity index (χ4v) is 5.47. The first-order chi connectivity index (χ1) is 19.3. The van der Waals surface area contributed by atoms with E-state index in [-0.39, 0.29) is 0 Å². The van der Waals surface area contributed by atoms with Gasteiger partial charge < -0.3 is 4.90 Å². The van der Waals surface area contributed by atoms with Crippen LogP contribution in [0.3, 0.4) is 0 Å². The number of hydrogen-bond donors (Lipinski definition) is 0. The normalized spacial score (nSPS) is 11.1. The van der Waals surface area contributed by atoms with Crippen molar-refractivity contribution < 1.29 is 0 Å². The van der Waals surface area contributed by atoms with Gasteiger partial charge in [-0.3, -0.25) is 0 Å². The third-order valence-electron chi connectivity index (χ3n) is 7.43. The maximum Gasteiger partial charge on any atom is 0.0468 e. The zero-order valence-corrected chi connectivity index (χ0v) is 21.5. The van der Waals surface area contributed by atoms with Crippen LogP contribution in [0.4, 0.5) is 17.1 Å². The minimum absolute atomic E-state index is 1.12. The van der Waals surface area contributed by atoms with Gasteiger partial charge in [-0.15, -0.1) is 0 Å². The summed E-state index contributed by atoms with van der Waals surface area (Å²) >= 11 is 0. The van der Waals surface area contributed by atoms with Crippen molar-refractivity contribution in [3.63, 3.8) is 0 Å². The summed E-state index contributed by atoms with van der Waals surface area (Å²) in [5, 5.41) is 5.03. The van der Waals surface area contributed by atoms with Gasteiger partial charge in [-0.1, -0.05) is 127 Å². The first-order valence-corrected chi connectivity index (χ1v) is 13.4. The van der Waals surface area contributed by atoms with Gasteiger partial charge in [0.25, 0.3) is 0 Å². The molecule has 7 rings (SSSR count). The van der Waals surface area contributed by atoms with Crippen LogP contribution in [0.25, 0.3) is 43.8 Å². The number of anilines is 3. The van der Waals surface area contributed by atoms with Gasteiger partial charge in [-0.05, 0) is 80.2 Å². The van der Waals surface area contributed by atoms with Gasteiger partial charge in [-0.25, -0.2) is 0 Å². The number of rotatable bonds is 5. The van der Waals surface area contributed by atoms with Crippen LogP contribution in [0.1, 0.15) is 0 Å². The molecule has 0 N–H and O–H groups in total. The van der Waals surface area contributed by atoms with E-state index in [2.05, 4.69) is 169 Å². The first kappa shape index (κ1) is 23.0. The van der Waals surface area contributed by atoms with Crippen molar-refractivity contribution in [2.24, 2.45) is 0 Å². The Hall–Kier alpha value is -5.14. The average Bonchev–Trinajstić information content (AvgIpc) is 3.02. The van der Waals surface area contributed by atoms with E-state index in [9.17, 15) is 0 Å². The maximum absolute atomic E-state index is 2.36. The average molecular weight is 498 g/mol. The lowest BCUT2D eigenvalue weighted by Gasteiger charge is -2.27. The van der Waals surface area contributed by atoms with Crippen LogP contribution in [-0.4, -0.2) is 0 Å². The summed E-state index contributed by atoms with van der Waals surface area (Å²) in [6.07, 6.45) is 0. The number of benzene rings is 7. The van der Waals surface area contributed by atoms with Gasteiger partial charge >= 0.3 is 0 Å². The molecule has 39 heavy (non-hydrogen) atoms. The molecule has 0 spiro atoms. The molecule has 1 nitrogen and oxygen atoms in total. The molecule has 0 saturated carbocycles. The Bertz CT molecular complexity index is 1890. The summed E-state index contributed by atoms with van der Waals surface area (Å²) in [6, 6.07) is 58.7. The van der Waals surface area contributed by atoms with Gasteiger partial charge in [0.1, 0.15) is 0 Å². The van der Waals surface area contributed by atoms with E-state index in [1.165, 1.54) is 43.8 Å². The summed E-state index contributed by atoms with van der Waals surface area (Å²) < 4.78 is 0. The van der Waals surface area contributed by atoms with Crippen LogP contribution < -0.4 is 4.90 Å². The molecule has 0 heterocycles. The molecule has 7 aromatic rings. The number of nitrogens with zero attached hydrogens (tertiary/aromatic N) is 1. The van der Waals surface area contributed by atoms with Gasteiger partial charge in [-0.2, -0.15) is 0 Å². The monoisotopic (exact) mass is 497 g/mol. The van der Waals surface area contributed by atoms with E-state index in [0.717, 1.165) is 17.1 Å². The van der Waals surface area contributed by atoms with Crippen LogP contribution >= 0.6 is 0 Å². The van der Waals surface area contributed by atoms with Crippen LogP contribution in [0.15, 0.2) is 164 Å². The molecule has 0 aliphatic carbocycles. The Morgan fingerprint density at radius 3 is 1.54 bits per heavy atom. The fourth-order valence-electron chi connectivity index (χ4n) is 5.47.